The van der Waals surface area contributed by atoms with Crippen molar-refractivity contribution in [2.75, 3.05) is 20.1 Å². The van der Waals surface area contributed by atoms with Gasteiger partial charge in [0.05, 0.1) is 6.54 Å². The first-order valence-corrected chi connectivity index (χ1v) is 9.04. The van der Waals surface area contributed by atoms with E-state index in [2.05, 4.69) is 75.6 Å². The van der Waals surface area contributed by atoms with Crippen LogP contribution in [0.4, 0.5) is 0 Å². The van der Waals surface area contributed by atoms with Crippen LogP contribution in [-0.2, 0) is 6.54 Å². The fraction of sp³-hybridized carbons (Fsp3) is 0.667. The van der Waals surface area contributed by atoms with E-state index >= 15 is 0 Å². The molecule has 0 aliphatic rings. The number of aliphatic imine (C=N–C) groups is 1. The van der Waals surface area contributed by atoms with E-state index in [0.29, 0.717) is 12.1 Å². The third kappa shape index (κ3) is 8.12. The van der Waals surface area contributed by atoms with Crippen LogP contribution in [0.3, 0.4) is 0 Å². The Bertz CT molecular complexity index is 441. The number of nitrogens with zero attached hydrogens (tertiary/aromatic N) is 2. The molecule has 0 aliphatic carbocycles. The fourth-order valence-corrected chi connectivity index (χ4v) is 3.64. The summed E-state index contributed by atoms with van der Waals surface area (Å²) in [4.78, 5) is 8.02. The Kier molecular flexibility index (Phi) is 11.7. The molecule has 1 aromatic rings. The number of guanidine groups is 1. The summed E-state index contributed by atoms with van der Waals surface area (Å²) in [6.07, 6.45) is 0. The van der Waals surface area contributed by atoms with Crippen molar-refractivity contribution < 1.29 is 0 Å². The van der Waals surface area contributed by atoms with Crippen molar-refractivity contribution in [2.24, 2.45) is 4.99 Å². The summed E-state index contributed by atoms with van der Waals surface area (Å²) in [5, 5.41) is 8.81. The van der Waals surface area contributed by atoms with Crippen molar-refractivity contribution in [1.29, 1.82) is 0 Å². The molecule has 1 rings (SSSR count). The molecule has 22 heavy (non-hydrogen) atoms. The van der Waals surface area contributed by atoms with Gasteiger partial charge in [0.2, 0.25) is 0 Å². The van der Waals surface area contributed by atoms with Gasteiger partial charge in [0.1, 0.15) is 0 Å². The third-order valence-corrected chi connectivity index (χ3v) is 4.96. The highest BCUT2D eigenvalue weighted by atomic mass is 127. The van der Waals surface area contributed by atoms with E-state index in [1.54, 1.807) is 11.3 Å². The second kappa shape index (κ2) is 11.6. The van der Waals surface area contributed by atoms with Crippen molar-refractivity contribution in [2.45, 2.75) is 46.3 Å². The first-order chi connectivity index (χ1) is 9.93. The predicted octanol–water partition coefficient (Wildman–Crippen LogP) is 3.91. The number of thiophene rings is 1. The minimum atomic E-state index is 0. The van der Waals surface area contributed by atoms with Crippen LogP contribution >= 0.6 is 51.2 Å². The van der Waals surface area contributed by atoms with Gasteiger partial charge in [-0.25, -0.2) is 0 Å². The summed E-state index contributed by atoms with van der Waals surface area (Å²) in [5.74, 6) is 0.854. The summed E-state index contributed by atoms with van der Waals surface area (Å²) in [5.41, 5.74) is 0. The van der Waals surface area contributed by atoms with E-state index in [-0.39, 0.29) is 24.0 Å². The molecule has 4 nitrogen and oxygen atoms in total. The molecule has 0 spiro atoms. The van der Waals surface area contributed by atoms with Crippen LogP contribution in [-0.4, -0.2) is 43.1 Å². The molecule has 0 unspecified atom stereocenters. The Labute approximate surface area is 164 Å². The van der Waals surface area contributed by atoms with Gasteiger partial charge < -0.3 is 10.6 Å². The van der Waals surface area contributed by atoms with E-state index in [0.717, 1.165) is 30.1 Å². The quantitative estimate of drug-likeness (QED) is 0.337. The Hall–Kier alpha value is 0.140. The Morgan fingerprint density at radius 3 is 2.36 bits per heavy atom. The lowest BCUT2D eigenvalue weighted by Crippen LogP contribution is -2.45. The van der Waals surface area contributed by atoms with Crippen molar-refractivity contribution >= 4 is 57.2 Å². The van der Waals surface area contributed by atoms with Crippen molar-refractivity contribution in [3.63, 3.8) is 0 Å². The van der Waals surface area contributed by atoms with Crippen LogP contribution < -0.4 is 10.6 Å². The second-order valence-electron chi connectivity index (χ2n) is 5.51. The molecule has 0 bridgehead atoms. The summed E-state index contributed by atoms with van der Waals surface area (Å²) >= 11 is 5.21. The normalized spacial score (nSPS) is 12.0. The van der Waals surface area contributed by atoms with Gasteiger partial charge in [-0.1, -0.05) is 0 Å². The molecule has 2 N–H and O–H groups in total. The first-order valence-electron chi connectivity index (χ1n) is 7.37. The van der Waals surface area contributed by atoms with Crippen LogP contribution in [0.2, 0.25) is 0 Å². The van der Waals surface area contributed by atoms with Gasteiger partial charge in [0.25, 0.3) is 0 Å². The molecule has 0 aromatic carbocycles. The zero-order valence-corrected chi connectivity index (χ0v) is 18.8. The average Bonchev–Trinajstić information content (AvgIpc) is 2.82. The molecule has 0 saturated heterocycles. The topological polar surface area (TPSA) is 39.7 Å². The van der Waals surface area contributed by atoms with Crippen LogP contribution in [0.1, 0.15) is 32.6 Å². The van der Waals surface area contributed by atoms with Gasteiger partial charge in [-0.3, -0.25) is 9.89 Å². The van der Waals surface area contributed by atoms with Crippen molar-refractivity contribution in [3.8, 4) is 0 Å². The van der Waals surface area contributed by atoms with Crippen molar-refractivity contribution in [3.05, 3.63) is 20.8 Å². The maximum absolute atomic E-state index is 4.27. The zero-order valence-electron chi connectivity index (χ0n) is 14.0. The van der Waals surface area contributed by atoms with E-state index < -0.39 is 0 Å². The zero-order chi connectivity index (χ0) is 15.8. The molecular formula is C15H28BrIN4S. The SMILES string of the molecule is CN=C(NCCN(C(C)C)C(C)C)NCc1cc(Br)cs1.I. The van der Waals surface area contributed by atoms with Crippen LogP contribution in [0.5, 0.6) is 0 Å². The minimum absolute atomic E-state index is 0. The van der Waals surface area contributed by atoms with Gasteiger partial charge >= 0.3 is 0 Å². The molecule has 128 valence electrons. The molecule has 0 radical (unpaired) electrons. The minimum Gasteiger partial charge on any atom is -0.355 e. The van der Waals surface area contributed by atoms with E-state index in [9.17, 15) is 0 Å². The number of hydrogen-bond donors (Lipinski definition) is 2. The average molecular weight is 503 g/mol. The molecule has 7 heteroatoms. The third-order valence-electron chi connectivity index (χ3n) is 3.26. The Morgan fingerprint density at radius 1 is 1.27 bits per heavy atom. The first kappa shape index (κ1) is 22.1. The van der Waals surface area contributed by atoms with Crippen molar-refractivity contribution in [1.82, 2.24) is 15.5 Å². The standard InChI is InChI=1S/C15H27BrN4S.HI/c1-11(2)20(12(3)4)7-6-18-15(17-5)19-9-14-8-13(16)10-21-14;/h8,10-12H,6-7,9H2,1-5H3,(H2,17,18,19);1H. The molecule has 0 saturated carbocycles. The lowest BCUT2D eigenvalue weighted by Gasteiger charge is -2.30. The molecular weight excluding hydrogens is 475 g/mol. The number of nitrogens with one attached hydrogen (secondary N) is 2. The summed E-state index contributed by atoms with van der Waals surface area (Å²) in [7, 11) is 1.81. The summed E-state index contributed by atoms with van der Waals surface area (Å²) in [6, 6.07) is 3.25. The van der Waals surface area contributed by atoms with Gasteiger partial charge in [0, 0.05) is 47.0 Å². The number of halogens is 2. The predicted molar refractivity (Wildman–Crippen MR) is 113 cm³/mol. The molecule has 0 fully saturated rings. The van der Waals surface area contributed by atoms with Crippen LogP contribution in [0.25, 0.3) is 0 Å². The second-order valence-corrected chi connectivity index (χ2v) is 7.42. The molecule has 0 atom stereocenters. The van der Waals surface area contributed by atoms with E-state index in [4.69, 9.17) is 0 Å². The molecule has 1 aromatic heterocycles. The molecule has 0 amide bonds. The monoisotopic (exact) mass is 502 g/mol. The van der Waals surface area contributed by atoms with E-state index in [1.165, 1.54) is 4.88 Å². The van der Waals surface area contributed by atoms with Crippen LogP contribution in [0.15, 0.2) is 20.9 Å². The Morgan fingerprint density at radius 2 is 1.91 bits per heavy atom. The lowest BCUT2D eigenvalue weighted by atomic mass is 10.2. The van der Waals surface area contributed by atoms with E-state index in [1.807, 2.05) is 7.05 Å². The van der Waals surface area contributed by atoms with Gasteiger partial charge in [-0.15, -0.1) is 35.3 Å². The maximum atomic E-state index is 4.27. The highest BCUT2D eigenvalue weighted by Gasteiger charge is 2.12. The number of hydrogen-bond acceptors (Lipinski definition) is 3. The van der Waals surface area contributed by atoms with Crippen LogP contribution in [0, 0.1) is 0 Å². The lowest BCUT2D eigenvalue weighted by molar-refractivity contribution is 0.178. The Balaban J connectivity index is 0.00000441. The number of rotatable bonds is 7. The summed E-state index contributed by atoms with van der Waals surface area (Å²) < 4.78 is 1.14. The van der Waals surface area contributed by atoms with Gasteiger partial charge in [-0.2, -0.15) is 0 Å². The molecule has 0 aliphatic heterocycles. The fourth-order valence-electron chi connectivity index (χ4n) is 2.25. The maximum Gasteiger partial charge on any atom is 0.191 e. The highest BCUT2D eigenvalue weighted by molar-refractivity contribution is 14.0. The van der Waals surface area contributed by atoms with Gasteiger partial charge in [-0.05, 0) is 49.7 Å². The van der Waals surface area contributed by atoms with Gasteiger partial charge in [0.15, 0.2) is 5.96 Å². The smallest absolute Gasteiger partial charge is 0.191 e. The summed E-state index contributed by atoms with van der Waals surface area (Å²) in [6.45, 7) is 11.7. The molecule has 1 heterocycles. The highest BCUT2D eigenvalue weighted by Crippen LogP contribution is 2.19. The largest absolute Gasteiger partial charge is 0.355 e.